The van der Waals surface area contributed by atoms with Crippen LogP contribution in [0.3, 0.4) is 0 Å². The van der Waals surface area contributed by atoms with Crippen LogP contribution in [0.1, 0.15) is 32.1 Å². The number of rotatable bonds is 5. The minimum absolute atomic E-state index is 0.0268. The highest BCUT2D eigenvalue weighted by Gasteiger charge is 2.34. The fourth-order valence-corrected chi connectivity index (χ4v) is 3.01. The van der Waals surface area contributed by atoms with Crippen molar-refractivity contribution in [2.24, 2.45) is 5.41 Å². The van der Waals surface area contributed by atoms with Gasteiger partial charge in [0.05, 0.1) is 13.2 Å². The molecule has 1 unspecified atom stereocenters. The van der Waals surface area contributed by atoms with Crippen molar-refractivity contribution >= 4 is 5.91 Å². The summed E-state index contributed by atoms with van der Waals surface area (Å²) in [6.07, 6.45) is 5.44. The third-order valence-corrected chi connectivity index (χ3v) is 4.18. The van der Waals surface area contributed by atoms with Gasteiger partial charge in [0.2, 0.25) is 5.91 Å². The molecule has 1 atom stereocenters. The molecule has 1 saturated carbocycles. The van der Waals surface area contributed by atoms with Crippen LogP contribution in [0.4, 0.5) is 0 Å². The summed E-state index contributed by atoms with van der Waals surface area (Å²) in [5.41, 5.74) is 0.125. The van der Waals surface area contributed by atoms with Crippen molar-refractivity contribution in [1.29, 1.82) is 0 Å². The quantitative estimate of drug-likeness (QED) is 0.649. The molecule has 1 saturated heterocycles. The zero-order valence-electron chi connectivity index (χ0n) is 10.9. The van der Waals surface area contributed by atoms with Crippen LogP contribution in [0.5, 0.6) is 0 Å². The van der Waals surface area contributed by atoms with Gasteiger partial charge in [-0.25, -0.2) is 0 Å². The van der Waals surface area contributed by atoms with E-state index in [9.17, 15) is 4.79 Å². The van der Waals surface area contributed by atoms with Crippen LogP contribution in [0.25, 0.3) is 0 Å². The van der Waals surface area contributed by atoms with Crippen LogP contribution in [-0.2, 0) is 9.53 Å². The molecule has 18 heavy (non-hydrogen) atoms. The molecular weight excluding hydrogens is 232 g/mol. The average molecular weight is 256 g/mol. The molecule has 0 radical (unpaired) electrons. The van der Waals surface area contributed by atoms with Gasteiger partial charge in [-0.3, -0.25) is 4.79 Å². The molecule has 2 rings (SSSR count). The lowest BCUT2D eigenvalue weighted by molar-refractivity contribution is -0.126. The van der Waals surface area contributed by atoms with Gasteiger partial charge in [-0.15, -0.1) is 0 Å². The number of nitrogens with one attached hydrogen (secondary N) is 2. The van der Waals surface area contributed by atoms with Gasteiger partial charge in [0, 0.05) is 19.7 Å². The third-order valence-electron chi connectivity index (χ3n) is 4.18. The van der Waals surface area contributed by atoms with Gasteiger partial charge in [0.1, 0.15) is 6.04 Å². The lowest BCUT2D eigenvalue weighted by Crippen LogP contribution is -2.52. The maximum absolute atomic E-state index is 12.0. The van der Waals surface area contributed by atoms with Gasteiger partial charge in [-0.2, -0.15) is 0 Å². The van der Waals surface area contributed by atoms with E-state index >= 15 is 0 Å². The van der Waals surface area contributed by atoms with E-state index in [1.54, 1.807) is 0 Å². The van der Waals surface area contributed by atoms with Crippen LogP contribution < -0.4 is 10.6 Å². The Morgan fingerprint density at radius 2 is 2.22 bits per heavy atom. The van der Waals surface area contributed by atoms with Crippen molar-refractivity contribution in [3.05, 3.63) is 0 Å². The van der Waals surface area contributed by atoms with Crippen LogP contribution in [0.15, 0.2) is 0 Å². The van der Waals surface area contributed by atoms with Crippen molar-refractivity contribution in [3.8, 4) is 0 Å². The van der Waals surface area contributed by atoms with Gasteiger partial charge in [0.25, 0.3) is 0 Å². The standard InChI is InChI=1S/C13H24N2O3/c16-7-5-13(3-1-2-4-13)10-15-12(17)11-9-18-8-6-14-11/h11,14,16H,1-10H2,(H,15,17). The molecule has 1 aliphatic carbocycles. The van der Waals surface area contributed by atoms with Gasteiger partial charge in [-0.05, 0) is 24.7 Å². The second-order valence-electron chi connectivity index (χ2n) is 5.48. The number of carbonyl (C=O) groups is 1. The fraction of sp³-hybridized carbons (Fsp3) is 0.923. The molecule has 0 bridgehead atoms. The Morgan fingerprint density at radius 1 is 1.44 bits per heavy atom. The lowest BCUT2D eigenvalue weighted by atomic mass is 9.83. The van der Waals surface area contributed by atoms with E-state index in [1.807, 2.05) is 0 Å². The summed E-state index contributed by atoms with van der Waals surface area (Å²) in [4.78, 5) is 12.0. The number of morpholine rings is 1. The predicted molar refractivity (Wildman–Crippen MR) is 68.2 cm³/mol. The molecule has 0 aromatic rings. The first kappa shape index (κ1) is 13.8. The van der Waals surface area contributed by atoms with E-state index in [4.69, 9.17) is 9.84 Å². The Bertz CT molecular complexity index is 271. The van der Waals surface area contributed by atoms with E-state index < -0.39 is 0 Å². The second-order valence-corrected chi connectivity index (χ2v) is 5.48. The van der Waals surface area contributed by atoms with Crippen LogP contribution in [0, 0.1) is 5.41 Å². The van der Waals surface area contributed by atoms with Gasteiger partial charge < -0.3 is 20.5 Å². The molecule has 0 spiro atoms. The van der Waals surface area contributed by atoms with Crippen LogP contribution in [0.2, 0.25) is 0 Å². The first-order valence-corrected chi connectivity index (χ1v) is 6.95. The van der Waals surface area contributed by atoms with Crippen molar-refractivity contribution in [1.82, 2.24) is 10.6 Å². The molecule has 1 amide bonds. The SMILES string of the molecule is O=C(NCC1(CCO)CCCC1)C1COCCN1. The molecular formula is C13H24N2O3. The van der Waals surface area contributed by atoms with Gasteiger partial charge in [-0.1, -0.05) is 12.8 Å². The zero-order valence-corrected chi connectivity index (χ0v) is 10.9. The first-order chi connectivity index (χ1) is 8.76. The second kappa shape index (κ2) is 6.50. The number of carbonyl (C=O) groups excluding carboxylic acids is 1. The Morgan fingerprint density at radius 3 is 2.83 bits per heavy atom. The van der Waals surface area contributed by atoms with Gasteiger partial charge in [0.15, 0.2) is 0 Å². The highest BCUT2D eigenvalue weighted by Crippen LogP contribution is 2.40. The maximum Gasteiger partial charge on any atom is 0.239 e. The van der Waals surface area contributed by atoms with Crippen molar-refractivity contribution in [2.75, 3.05) is 32.9 Å². The largest absolute Gasteiger partial charge is 0.396 e. The Kier molecular flexibility index (Phi) is 4.97. The van der Waals surface area contributed by atoms with E-state index in [0.29, 0.717) is 19.8 Å². The normalized spacial score (nSPS) is 27.1. The average Bonchev–Trinajstić information content (AvgIpc) is 2.87. The maximum atomic E-state index is 12.0. The molecule has 5 heteroatoms. The van der Waals surface area contributed by atoms with Gasteiger partial charge >= 0.3 is 0 Å². The predicted octanol–water partition coefficient (Wildman–Crippen LogP) is 0.0338. The van der Waals surface area contributed by atoms with Crippen molar-refractivity contribution < 1.29 is 14.6 Å². The number of aliphatic hydroxyl groups excluding tert-OH is 1. The summed E-state index contributed by atoms with van der Waals surface area (Å²) >= 11 is 0. The summed E-state index contributed by atoms with van der Waals surface area (Å²) in [6.45, 7) is 2.77. The number of amides is 1. The lowest BCUT2D eigenvalue weighted by Gasteiger charge is -2.30. The minimum Gasteiger partial charge on any atom is -0.396 e. The van der Waals surface area contributed by atoms with E-state index in [0.717, 1.165) is 25.8 Å². The molecule has 0 aromatic heterocycles. The van der Waals surface area contributed by atoms with E-state index in [2.05, 4.69) is 10.6 Å². The topological polar surface area (TPSA) is 70.6 Å². The molecule has 104 valence electrons. The van der Waals surface area contributed by atoms with Crippen LogP contribution >= 0.6 is 0 Å². The smallest absolute Gasteiger partial charge is 0.239 e. The van der Waals surface area contributed by atoms with Crippen molar-refractivity contribution in [3.63, 3.8) is 0 Å². The Hall–Kier alpha value is -0.650. The minimum atomic E-state index is -0.216. The summed E-state index contributed by atoms with van der Waals surface area (Å²) < 4.78 is 5.28. The van der Waals surface area contributed by atoms with E-state index in [-0.39, 0.29) is 24.0 Å². The number of hydrogen-bond acceptors (Lipinski definition) is 4. The first-order valence-electron chi connectivity index (χ1n) is 6.95. The number of ether oxygens (including phenoxy) is 1. The fourth-order valence-electron chi connectivity index (χ4n) is 3.01. The summed E-state index contributed by atoms with van der Waals surface area (Å²) in [6, 6.07) is -0.216. The molecule has 0 aromatic carbocycles. The highest BCUT2D eigenvalue weighted by molar-refractivity contribution is 5.82. The highest BCUT2D eigenvalue weighted by atomic mass is 16.5. The summed E-state index contributed by atoms with van der Waals surface area (Å²) in [7, 11) is 0. The number of hydrogen-bond donors (Lipinski definition) is 3. The van der Waals surface area contributed by atoms with Crippen LogP contribution in [-0.4, -0.2) is 50.0 Å². The van der Waals surface area contributed by atoms with Crippen molar-refractivity contribution in [2.45, 2.75) is 38.1 Å². The number of aliphatic hydroxyl groups is 1. The van der Waals surface area contributed by atoms with E-state index in [1.165, 1.54) is 12.8 Å². The zero-order chi connectivity index (χ0) is 12.8. The summed E-state index contributed by atoms with van der Waals surface area (Å²) in [5, 5.41) is 15.3. The third kappa shape index (κ3) is 3.43. The molecule has 1 aliphatic heterocycles. The Balaban J connectivity index is 1.79. The molecule has 3 N–H and O–H groups in total. The Labute approximate surface area is 108 Å². The summed E-state index contributed by atoms with van der Waals surface area (Å²) in [5.74, 6) is 0.0268. The molecule has 2 fully saturated rings. The molecule has 5 nitrogen and oxygen atoms in total. The molecule has 2 aliphatic rings. The molecule has 1 heterocycles. The monoisotopic (exact) mass is 256 g/mol.